The summed E-state index contributed by atoms with van der Waals surface area (Å²) in [5.41, 5.74) is 0. The maximum atomic E-state index is 10.8. The van der Waals surface area contributed by atoms with Gasteiger partial charge in [-0.3, -0.25) is 0 Å². The molecule has 0 saturated heterocycles. The first kappa shape index (κ1) is 14.3. The van der Waals surface area contributed by atoms with Crippen LogP contribution in [-0.2, 0) is 9.84 Å². The summed E-state index contributed by atoms with van der Waals surface area (Å²) in [4.78, 5) is 0. The number of thioether (sulfide) groups is 1. The van der Waals surface area contributed by atoms with Gasteiger partial charge in [0, 0.05) is 17.8 Å². The molecule has 0 fully saturated rings. The van der Waals surface area contributed by atoms with Crippen LogP contribution in [0.15, 0.2) is 0 Å². The van der Waals surface area contributed by atoms with Crippen molar-refractivity contribution in [3.05, 3.63) is 0 Å². The van der Waals surface area contributed by atoms with Gasteiger partial charge in [0.25, 0.3) is 0 Å². The molecule has 0 amide bonds. The molecule has 0 aliphatic heterocycles. The van der Waals surface area contributed by atoms with E-state index in [1.165, 1.54) is 6.26 Å². The number of rotatable bonds is 8. The van der Waals surface area contributed by atoms with E-state index in [4.69, 9.17) is 0 Å². The predicted octanol–water partition coefficient (Wildman–Crippen LogP) is 1.32. The SMILES string of the molecule is CCCSCC(O)CCCS(C)(=O)=O. The first-order valence-electron chi connectivity index (χ1n) is 4.89. The van der Waals surface area contributed by atoms with E-state index in [2.05, 4.69) is 6.92 Å². The van der Waals surface area contributed by atoms with E-state index >= 15 is 0 Å². The van der Waals surface area contributed by atoms with Crippen LogP contribution in [-0.4, -0.2) is 43.1 Å². The van der Waals surface area contributed by atoms with Crippen molar-refractivity contribution in [1.82, 2.24) is 0 Å². The van der Waals surface area contributed by atoms with Gasteiger partial charge in [0.15, 0.2) is 0 Å². The fourth-order valence-electron chi connectivity index (χ4n) is 1.03. The van der Waals surface area contributed by atoms with Gasteiger partial charge in [-0.15, -0.1) is 0 Å². The summed E-state index contributed by atoms with van der Waals surface area (Å²) < 4.78 is 21.6. The molecule has 1 N–H and O–H groups in total. The molecule has 0 aliphatic rings. The molecule has 0 heterocycles. The Kier molecular flexibility index (Phi) is 7.68. The van der Waals surface area contributed by atoms with Crippen molar-refractivity contribution in [2.24, 2.45) is 0 Å². The monoisotopic (exact) mass is 240 g/mol. The minimum atomic E-state index is -2.86. The van der Waals surface area contributed by atoms with Crippen LogP contribution in [0.5, 0.6) is 0 Å². The molecule has 0 aromatic heterocycles. The fourth-order valence-corrected chi connectivity index (χ4v) is 2.61. The van der Waals surface area contributed by atoms with E-state index in [0.29, 0.717) is 12.8 Å². The lowest BCUT2D eigenvalue weighted by Gasteiger charge is -2.08. The van der Waals surface area contributed by atoms with Crippen LogP contribution in [0.3, 0.4) is 0 Å². The quantitative estimate of drug-likeness (QED) is 0.650. The molecule has 0 radical (unpaired) electrons. The average Bonchev–Trinajstić information content (AvgIpc) is 2.02. The molecule has 86 valence electrons. The van der Waals surface area contributed by atoms with Crippen molar-refractivity contribution in [3.8, 4) is 0 Å². The molecule has 1 atom stereocenters. The zero-order valence-corrected chi connectivity index (χ0v) is 10.5. The first-order valence-corrected chi connectivity index (χ1v) is 8.10. The van der Waals surface area contributed by atoms with Crippen LogP contribution in [0, 0.1) is 0 Å². The largest absolute Gasteiger partial charge is 0.392 e. The topological polar surface area (TPSA) is 54.4 Å². The summed E-state index contributed by atoms with van der Waals surface area (Å²) in [6, 6.07) is 0. The smallest absolute Gasteiger partial charge is 0.147 e. The molecule has 5 heteroatoms. The Hall–Kier alpha value is 0.260. The standard InChI is InChI=1S/C9H20O3S2/c1-3-6-13-8-9(10)5-4-7-14(2,11)12/h9-10H,3-8H2,1-2H3. The number of hydrogen-bond donors (Lipinski definition) is 1. The number of sulfone groups is 1. The Morgan fingerprint density at radius 1 is 1.43 bits per heavy atom. The van der Waals surface area contributed by atoms with Crippen LogP contribution < -0.4 is 0 Å². The molecule has 0 aliphatic carbocycles. The number of aliphatic hydroxyl groups is 1. The zero-order valence-electron chi connectivity index (χ0n) is 8.90. The first-order chi connectivity index (χ1) is 6.45. The van der Waals surface area contributed by atoms with Gasteiger partial charge >= 0.3 is 0 Å². The molecule has 1 unspecified atom stereocenters. The fraction of sp³-hybridized carbons (Fsp3) is 1.00. The Balaban J connectivity index is 3.40. The summed E-state index contributed by atoms with van der Waals surface area (Å²) >= 11 is 1.72. The van der Waals surface area contributed by atoms with Crippen molar-refractivity contribution in [2.75, 3.05) is 23.5 Å². The number of aliphatic hydroxyl groups excluding tert-OH is 1. The molecule has 0 rings (SSSR count). The van der Waals surface area contributed by atoms with Crippen molar-refractivity contribution < 1.29 is 13.5 Å². The summed E-state index contributed by atoms with van der Waals surface area (Å²) in [6.07, 6.45) is 3.14. The second-order valence-corrected chi connectivity index (χ2v) is 6.91. The summed E-state index contributed by atoms with van der Waals surface area (Å²) in [5, 5.41) is 9.46. The molecule has 0 spiro atoms. The maximum absolute atomic E-state index is 10.8. The predicted molar refractivity (Wildman–Crippen MR) is 62.6 cm³/mol. The van der Waals surface area contributed by atoms with Crippen molar-refractivity contribution >= 4 is 21.6 Å². The average molecular weight is 240 g/mol. The van der Waals surface area contributed by atoms with Gasteiger partial charge in [0.2, 0.25) is 0 Å². The Morgan fingerprint density at radius 3 is 2.57 bits per heavy atom. The molecule has 0 saturated carbocycles. The molecule has 0 aromatic carbocycles. The van der Waals surface area contributed by atoms with Gasteiger partial charge in [-0.25, -0.2) is 8.42 Å². The highest BCUT2D eigenvalue weighted by atomic mass is 32.2. The lowest BCUT2D eigenvalue weighted by atomic mass is 10.2. The van der Waals surface area contributed by atoms with Crippen molar-refractivity contribution in [2.45, 2.75) is 32.3 Å². The molecule has 14 heavy (non-hydrogen) atoms. The lowest BCUT2D eigenvalue weighted by molar-refractivity contribution is 0.188. The summed E-state index contributed by atoms with van der Waals surface area (Å²) in [6.45, 7) is 2.10. The van der Waals surface area contributed by atoms with E-state index in [-0.39, 0.29) is 11.9 Å². The van der Waals surface area contributed by atoms with E-state index in [0.717, 1.165) is 17.9 Å². The highest BCUT2D eigenvalue weighted by Crippen LogP contribution is 2.08. The van der Waals surface area contributed by atoms with Gasteiger partial charge in [-0.2, -0.15) is 11.8 Å². The molecular weight excluding hydrogens is 220 g/mol. The summed E-state index contributed by atoms with van der Waals surface area (Å²) in [5.74, 6) is 1.96. The van der Waals surface area contributed by atoms with Crippen molar-refractivity contribution in [1.29, 1.82) is 0 Å². The molecule has 3 nitrogen and oxygen atoms in total. The van der Waals surface area contributed by atoms with E-state index in [1.807, 2.05) is 0 Å². The molecule has 0 bridgehead atoms. The Bertz CT molecular complexity index is 224. The third-order valence-electron chi connectivity index (χ3n) is 1.71. The minimum Gasteiger partial charge on any atom is -0.392 e. The normalized spacial score (nSPS) is 14.2. The molecular formula is C9H20O3S2. The van der Waals surface area contributed by atoms with Gasteiger partial charge in [0.1, 0.15) is 9.84 Å². The lowest BCUT2D eigenvalue weighted by Crippen LogP contribution is -2.13. The second-order valence-electron chi connectivity index (χ2n) is 3.50. The van der Waals surface area contributed by atoms with Crippen molar-refractivity contribution in [3.63, 3.8) is 0 Å². The van der Waals surface area contributed by atoms with Crippen LogP contribution in [0.4, 0.5) is 0 Å². The highest BCUT2D eigenvalue weighted by Gasteiger charge is 2.07. The highest BCUT2D eigenvalue weighted by molar-refractivity contribution is 7.99. The Labute approximate surface area is 91.2 Å². The van der Waals surface area contributed by atoms with Gasteiger partial charge in [-0.05, 0) is 25.0 Å². The maximum Gasteiger partial charge on any atom is 0.147 e. The van der Waals surface area contributed by atoms with Gasteiger partial charge in [-0.1, -0.05) is 6.92 Å². The minimum absolute atomic E-state index is 0.183. The summed E-state index contributed by atoms with van der Waals surface area (Å²) in [7, 11) is -2.86. The molecule has 0 aromatic rings. The second kappa shape index (κ2) is 7.54. The van der Waals surface area contributed by atoms with E-state index in [1.54, 1.807) is 11.8 Å². The third-order valence-corrected chi connectivity index (χ3v) is 4.06. The van der Waals surface area contributed by atoms with Crippen LogP contribution in [0.25, 0.3) is 0 Å². The Morgan fingerprint density at radius 2 is 2.07 bits per heavy atom. The van der Waals surface area contributed by atoms with Gasteiger partial charge < -0.3 is 5.11 Å². The third kappa shape index (κ3) is 10.3. The van der Waals surface area contributed by atoms with Crippen LogP contribution in [0.1, 0.15) is 26.2 Å². The number of hydrogen-bond acceptors (Lipinski definition) is 4. The van der Waals surface area contributed by atoms with E-state index < -0.39 is 9.84 Å². The van der Waals surface area contributed by atoms with E-state index in [9.17, 15) is 13.5 Å². The van der Waals surface area contributed by atoms with Crippen LogP contribution >= 0.6 is 11.8 Å². The van der Waals surface area contributed by atoms with Gasteiger partial charge in [0.05, 0.1) is 6.10 Å². The van der Waals surface area contributed by atoms with Crippen LogP contribution in [0.2, 0.25) is 0 Å². The zero-order chi connectivity index (χ0) is 11.0.